The molecule has 0 amide bonds. The number of H-pyrrole nitrogens is 1. The summed E-state index contributed by atoms with van der Waals surface area (Å²) in [6, 6.07) is 7.17. The number of benzene rings is 1. The van der Waals surface area contributed by atoms with Gasteiger partial charge in [0.15, 0.2) is 0 Å². The minimum Gasteiger partial charge on any atom is -0.379 e. The molecule has 2 fully saturated rings. The molecule has 0 saturated carbocycles. The van der Waals surface area contributed by atoms with Gasteiger partial charge in [0.2, 0.25) is 5.56 Å². The van der Waals surface area contributed by atoms with E-state index in [1.54, 1.807) is 13.0 Å². The van der Waals surface area contributed by atoms with E-state index in [2.05, 4.69) is 21.3 Å². The highest BCUT2D eigenvalue weighted by molar-refractivity contribution is 5.85. The quantitative estimate of drug-likeness (QED) is 0.546. The summed E-state index contributed by atoms with van der Waals surface area (Å²) in [5.74, 6) is -0.350. The third kappa shape index (κ3) is 5.48. The van der Waals surface area contributed by atoms with E-state index in [1.165, 1.54) is 0 Å². The molecule has 2 aromatic rings. The number of aromatic amines is 1. The fourth-order valence-corrected chi connectivity index (χ4v) is 5.31. The molecular formula is C26H34FN5O3. The Kier molecular flexibility index (Phi) is 6.76. The first kappa shape index (κ1) is 24.1. The van der Waals surface area contributed by atoms with Crippen molar-refractivity contribution in [3.63, 3.8) is 0 Å². The highest BCUT2D eigenvalue weighted by Gasteiger charge is 2.41. The lowest BCUT2D eigenvalue weighted by Gasteiger charge is -2.36. The van der Waals surface area contributed by atoms with Gasteiger partial charge in [0, 0.05) is 61.6 Å². The number of pyridine rings is 1. The molecule has 35 heavy (non-hydrogen) atoms. The van der Waals surface area contributed by atoms with Gasteiger partial charge in [-0.15, -0.1) is 0 Å². The Bertz CT molecular complexity index is 1190. The highest BCUT2D eigenvalue weighted by Crippen LogP contribution is 2.32. The number of aliphatic hydroxyl groups is 1. The van der Waals surface area contributed by atoms with Gasteiger partial charge in [-0.3, -0.25) is 19.6 Å². The van der Waals surface area contributed by atoms with Crippen LogP contribution in [-0.2, 0) is 4.74 Å². The van der Waals surface area contributed by atoms with Crippen LogP contribution in [0.2, 0.25) is 0 Å². The van der Waals surface area contributed by atoms with E-state index in [4.69, 9.17) is 9.73 Å². The van der Waals surface area contributed by atoms with Crippen LogP contribution in [0.3, 0.4) is 0 Å². The number of aliphatic imine (C=N–C) groups is 1. The average Bonchev–Trinajstić information content (AvgIpc) is 3.19. The first-order valence-corrected chi connectivity index (χ1v) is 12.3. The van der Waals surface area contributed by atoms with E-state index in [0.717, 1.165) is 60.6 Å². The third-order valence-electron chi connectivity index (χ3n) is 7.21. The van der Waals surface area contributed by atoms with Gasteiger partial charge in [0.05, 0.1) is 19.1 Å². The van der Waals surface area contributed by atoms with Crippen LogP contribution in [-0.4, -0.2) is 90.1 Å². The smallest absolute Gasteiger partial charge is 0.248 e. The Morgan fingerprint density at radius 2 is 2.11 bits per heavy atom. The van der Waals surface area contributed by atoms with E-state index in [9.17, 15) is 14.3 Å². The van der Waals surface area contributed by atoms with Crippen molar-refractivity contribution in [2.24, 2.45) is 10.9 Å². The van der Waals surface area contributed by atoms with Crippen molar-refractivity contribution in [1.29, 1.82) is 0 Å². The molecular weight excluding hydrogens is 449 g/mol. The van der Waals surface area contributed by atoms with Crippen LogP contribution in [0.1, 0.15) is 18.9 Å². The minimum absolute atomic E-state index is 0.137. The van der Waals surface area contributed by atoms with Crippen molar-refractivity contribution in [3.05, 3.63) is 51.8 Å². The lowest BCUT2D eigenvalue weighted by atomic mass is 9.96. The predicted octanol–water partition coefficient (Wildman–Crippen LogP) is 2.29. The zero-order valence-electron chi connectivity index (χ0n) is 20.3. The van der Waals surface area contributed by atoms with Gasteiger partial charge in [-0.2, -0.15) is 0 Å². The predicted molar refractivity (Wildman–Crippen MR) is 136 cm³/mol. The Morgan fingerprint density at radius 3 is 2.86 bits per heavy atom. The summed E-state index contributed by atoms with van der Waals surface area (Å²) in [5.41, 5.74) is 2.03. The van der Waals surface area contributed by atoms with Crippen molar-refractivity contribution in [2.75, 3.05) is 51.3 Å². The Balaban J connectivity index is 1.38. The molecule has 0 aliphatic carbocycles. The number of alkyl halides is 1. The maximum atomic E-state index is 14.7. The third-order valence-corrected chi connectivity index (χ3v) is 7.21. The van der Waals surface area contributed by atoms with Crippen molar-refractivity contribution < 1.29 is 14.2 Å². The molecule has 1 aromatic carbocycles. The monoisotopic (exact) mass is 483 g/mol. The summed E-state index contributed by atoms with van der Waals surface area (Å²) in [6.07, 6.45) is 3.16. The molecule has 4 atom stereocenters. The molecule has 0 radical (unpaired) electrons. The topological polar surface area (TPSA) is 93.2 Å². The zero-order chi connectivity index (χ0) is 24.6. The fourth-order valence-electron chi connectivity index (χ4n) is 5.31. The fraction of sp³-hybridized carbons (Fsp3) is 0.538. The summed E-state index contributed by atoms with van der Waals surface area (Å²) in [7, 11) is 0. The Labute approximate surface area is 204 Å². The van der Waals surface area contributed by atoms with Gasteiger partial charge in [0.25, 0.3) is 0 Å². The number of hydrogen-bond donors (Lipinski definition) is 3. The lowest BCUT2D eigenvalue weighted by Crippen LogP contribution is -2.47. The molecule has 188 valence electrons. The van der Waals surface area contributed by atoms with E-state index in [0.29, 0.717) is 19.5 Å². The number of anilines is 1. The number of ether oxygens (including phenoxy) is 1. The van der Waals surface area contributed by atoms with Crippen LogP contribution in [0.5, 0.6) is 0 Å². The number of halogens is 1. The lowest BCUT2D eigenvalue weighted by molar-refractivity contribution is 0.0422. The van der Waals surface area contributed by atoms with E-state index >= 15 is 0 Å². The maximum absolute atomic E-state index is 14.7. The molecule has 9 heteroatoms. The standard InChI is InChI=1S/C26H34FN5O3/c1-17-11-23(33)30-22-4-3-19(13-20(17)22)29-25(34)21-12-18(15-31-7-9-35-10-8-31)14-28-24(21)32-6-5-26(2,27)16-32/h3-4,11-14,21,24-25,29,34H,5-10,15-16H2,1-2H3,(H,30,33). The molecule has 3 aliphatic heterocycles. The van der Waals surface area contributed by atoms with Crippen LogP contribution in [0.15, 0.2) is 45.7 Å². The molecule has 1 aromatic heterocycles. The molecule has 5 rings (SSSR count). The zero-order valence-corrected chi connectivity index (χ0v) is 20.3. The number of aryl methyl sites for hydroxylation is 1. The molecule has 3 N–H and O–H groups in total. The number of morpholine rings is 1. The number of hydrogen-bond acceptors (Lipinski definition) is 7. The second kappa shape index (κ2) is 9.81. The van der Waals surface area contributed by atoms with Crippen LogP contribution < -0.4 is 10.9 Å². The van der Waals surface area contributed by atoms with Crippen molar-refractivity contribution in [1.82, 2.24) is 14.8 Å². The normalized spacial score (nSPS) is 28.9. The van der Waals surface area contributed by atoms with E-state index in [1.807, 2.05) is 36.2 Å². The first-order valence-electron chi connectivity index (χ1n) is 12.3. The second-order valence-electron chi connectivity index (χ2n) is 10.2. The van der Waals surface area contributed by atoms with Crippen LogP contribution in [0.25, 0.3) is 10.9 Å². The van der Waals surface area contributed by atoms with Crippen LogP contribution in [0.4, 0.5) is 10.1 Å². The van der Waals surface area contributed by atoms with Crippen LogP contribution in [0, 0.1) is 12.8 Å². The molecule has 4 unspecified atom stereocenters. The van der Waals surface area contributed by atoms with Gasteiger partial charge >= 0.3 is 0 Å². The van der Waals surface area contributed by atoms with Crippen molar-refractivity contribution in [3.8, 4) is 0 Å². The molecule has 0 bridgehead atoms. The SMILES string of the molecule is Cc1cc(=O)[nH]c2ccc(NC(O)C3C=C(CN4CCOCC4)C=NC3N3CCC(C)(F)C3)cc12. The number of aromatic nitrogens is 1. The number of likely N-dealkylation sites (tertiary alicyclic amines) is 1. The summed E-state index contributed by atoms with van der Waals surface area (Å²) in [5, 5.41) is 15.5. The second-order valence-corrected chi connectivity index (χ2v) is 10.2. The number of rotatable bonds is 6. The largest absolute Gasteiger partial charge is 0.379 e. The molecule has 8 nitrogen and oxygen atoms in total. The van der Waals surface area contributed by atoms with Gasteiger partial charge in [0.1, 0.15) is 18.1 Å². The summed E-state index contributed by atoms with van der Waals surface area (Å²) in [4.78, 5) is 23.8. The molecule has 2 saturated heterocycles. The van der Waals surface area contributed by atoms with Gasteiger partial charge in [-0.25, -0.2) is 4.39 Å². The molecule has 3 aliphatic rings. The Hall–Kier alpha value is -2.59. The summed E-state index contributed by atoms with van der Waals surface area (Å²) >= 11 is 0. The number of dihydropyridines is 1. The number of nitrogens with one attached hydrogen (secondary N) is 2. The molecule has 0 spiro atoms. The maximum Gasteiger partial charge on any atom is 0.248 e. The van der Waals surface area contributed by atoms with Gasteiger partial charge in [-0.05, 0) is 49.6 Å². The number of nitrogens with zero attached hydrogens (tertiary/aromatic N) is 3. The van der Waals surface area contributed by atoms with Crippen molar-refractivity contribution in [2.45, 2.75) is 38.3 Å². The summed E-state index contributed by atoms with van der Waals surface area (Å²) < 4.78 is 20.1. The average molecular weight is 484 g/mol. The summed E-state index contributed by atoms with van der Waals surface area (Å²) in [6.45, 7) is 8.34. The highest BCUT2D eigenvalue weighted by atomic mass is 19.1. The van der Waals surface area contributed by atoms with Gasteiger partial charge in [-0.1, -0.05) is 6.08 Å². The van der Waals surface area contributed by atoms with Crippen LogP contribution >= 0.6 is 0 Å². The number of fused-ring (bicyclic) bond motifs is 1. The van der Waals surface area contributed by atoms with E-state index in [-0.39, 0.29) is 17.6 Å². The minimum atomic E-state index is -1.25. The number of aliphatic hydroxyl groups excluding tert-OH is 1. The van der Waals surface area contributed by atoms with E-state index < -0.39 is 11.9 Å². The van der Waals surface area contributed by atoms with Gasteiger partial charge < -0.3 is 20.1 Å². The van der Waals surface area contributed by atoms with Crippen molar-refractivity contribution >= 4 is 22.8 Å². The Morgan fingerprint density at radius 1 is 1.31 bits per heavy atom. The molecule has 4 heterocycles. The first-order chi connectivity index (χ1) is 16.8.